The van der Waals surface area contributed by atoms with Crippen LogP contribution < -0.4 is 10.5 Å². The van der Waals surface area contributed by atoms with Crippen LogP contribution in [0.15, 0.2) is 12.1 Å². The predicted molar refractivity (Wildman–Crippen MR) is 57.3 cm³/mol. The summed E-state index contributed by atoms with van der Waals surface area (Å²) in [6, 6.07) is 2.11. The van der Waals surface area contributed by atoms with Crippen molar-refractivity contribution in [1.82, 2.24) is 0 Å². The smallest absolute Gasteiger partial charge is 0.133 e. The van der Waals surface area contributed by atoms with E-state index in [9.17, 15) is 8.78 Å². The molecule has 0 heterocycles. The molecule has 0 unspecified atom stereocenters. The van der Waals surface area contributed by atoms with E-state index in [2.05, 4.69) is 0 Å². The number of rotatable bonds is 4. The van der Waals surface area contributed by atoms with Gasteiger partial charge in [-0.3, -0.25) is 0 Å². The Bertz CT molecular complexity index is 402. The van der Waals surface area contributed by atoms with E-state index in [-0.39, 0.29) is 11.2 Å². The molecule has 2 N–H and O–H groups in total. The topological polar surface area (TPSA) is 35.2 Å². The average molecular weight is 227 g/mol. The van der Waals surface area contributed by atoms with E-state index >= 15 is 0 Å². The van der Waals surface area contributed by atoms with Crippen molar-refractivity contribution in [1.29, 1.82) is 0 Å². The van der Waals surface area contributed by atoms with Gasteiger partial charge < -0.3 is 10.5 Å². The fraction of sp³-hybridized carbons (Fsp3) is 0.500. The third-order valence-electron chi connectivity index (χ3n) is 3.28. The summed E-state index contributed by atoms with van der Waals surface area (Å²) in [5.41, 5.74) is 6.09. The summed E-state index contributed by atoms with van der Waals surface area (Å²) in [5, 5.41) is 0. The van der Waals surface area contributed by atoms with Crippen LogP contribution in [0.25, 0.3) is 0 Å². The summed E-state index contributed by atoms with van der Waals surface area (Å²) >= 11 is 0. The maximum absolute atomic E-state index is 13.6. The van der Waals surface area contributed by atoms with Crippen LogP contribution in [-0.4, -0.2) is 13.7 Å². The van der Waals surface area contributed by atoms with Crippen LogP contribution in [0.1, 0.15) is 18.4 Å². The minimum atomic E-state index is -0.615. The summed E-state index contributed by atoms with van der Waals surface area (Å²) < 4.78 is 31.6. The summed E-state index contributed by atoms with van der Waals surface area (Å²) in [4.78, 5) is 0. The Morgan fingerprint density at radius 2 is 2.06 bits per heavy atom. The molecule has 2 nitrogen and oxygen atoms in total. The van der Waals surface area contributed by atoms with Gasteiger partial charge in [-0.05, 0) is 31.2 Å². The van der Waals surface area contributed by atoms with Gasteiger partial charge in [-0.25, -0.2) is 8.78 Å². The van der Waals surface area contributed by atoms with Crippen LogP contribution in [0.5, 0.6) is 5.75 Å². The van der Waals surface area contributed by atoms with Crippen molar-refractivity contribution in [2.75, 3.05) is 13.7 Å². The van der Waals surface area contributed by atoms with E-state index in [0.717, 1.165) is 18.9 Å². The summed E-state index contributed by atoms with van der Waals surface area (Å²) in [6.45, 7) is 0.535. The Morgan fingerprint density at radius 3 is 2.56 bits per heavy atom. The third kappa shape index (κ3) is 2.02. The normalized spacial score (nSPS) is 17.2. The monoisotopic (exact) mass is 227 g/mol. The molecule has 0 radical (unpaired) electrons. The zero-order valence-corrected chi connectivity index (χ0v) is 9.22. The Labute approximate surface area is 93.4 Å². The van der Waals surface area contributed by atoms with Crippen LogP contribution in [-0.2, 0) is 6.42 Å². The van der Waals surface area contributed by atoms with Crippen molar-refractivity contribution in [3.8, 4) is 5.75 Å². The van der Waals surface area contributed by atoms with Gasteiger partial charge in [-0.1, -0.05) is 0 Å². The largest absolute Gasteiger partial charge is 0.496 e. The molecule has 0 aliphatic heterocycles. The molecule has 1 fully saturated rings. The molecule has 0 saturated heterocycles. The molecule has 1 aliphatic carbocycles. The number of hydrogen-bond donors (Lipinski definition) is 1. The van der Waals surface area contributed by atoms with Gasteiger partial charge in [0.2, 0.25) is 0 Å². The Hall–Kier alpha value is -1.16. The van der Waals surface area contributed by atoms with Gasteiger partial charge in [0.15, 0.2) is 0 Å². The van der Waals surface area contributed by atoms with E-state index in [1.165, 1.54) is 13.2 Å². The molecule has 0 amide bonds. The van der Waals surface area contributed by atoms with Crippen molar-refractivity contribution in [2.24, 2.45) is 11.1 Å². The molecule has 0 atom stereocenters. The first-order valence-electron chi connectivity index (χ1n) is 5.32. The zero-order chi connectivity index (χ0) is 11.8. The number of nitrogens with two attached hydrogens (primary N) is 1. The molecule has 88 valence electrons. The molecule has 4 heteroatoms. The lowest BCUT2D eigenvalue weighted by atomic mass is 9.95. The molecule has 2 rings (SSSR count). The van der Waals surface area contributed by atoms with Crippen molar-refractivity contribution in [3.63, 3.8) is 0 Å². The lowest BCUT2D eigenvalue weighted by Gasteiger charge is -2.15. The van der Waals surface area contributed by atoms with Crippen molar-refractivity contribution in [3.05, 3.63) is 29.3 Å². The first kappa shape index (κ1) is 11.3. The highest BCUT2D eigenvalue weighted by atomic mass is 19.1. The number of ether oxygens (including phenoxy) is 1. The zero-order valence-electron chi connectivity index (χ0n) is 9.22. The van der Waals surface area contributed by atoms with E-state index in [1.807, 2.05) is 0 Å². The Kier molecular flexibility index (Phi) is 2.84. The van der Waals surface area contributed by atoms with Gasteiger partial charge in [-0.15, -0.1) is 0 Å². The van der Waals surface area contributed by atoms with Gasteiger partial charge in [0.25, 0.3) is 0 Å². The second-order valence-corrected chi connectivity index (χ2v) is 4.45. The molecule has 16 heavy (non-hydrogen) atoms. The number of hydrogen-bond acceptors (Lipinski definition) is 2. The lowest BCUT2D eigenvalue weighted by molar-refractivity contribution is 0.390. The molecular formula is C12H15F2NO. The second-order valence-electron chi connectivity index (χ2n) is 4.45. The first-order valence-corrected chi connectivity index (χ1v) is 5.32. The summed E-state index contributed by atoms with van der Waals surface area (Å²) in [5.74, 6) is -0.885. The average Bonchev–Trinajstić information content (AvgIpc) is 3.02. The van der Waals surface area contributed by atoms with E-state index in [1.54, 1.807) is 0 Å². The van der Waals surface area contributed by atoms with Gasteiger partial charge in [0, 0.05) is 17.7 Å². The molecule has 1 aliphatic rings. The Morgan fingerprint density at radius 1 is 1.38 bits per heavy atom. The van der Waals surface area contributed by atoms with Crippen LogP contribution in [0.3, 0.4) is 0 Å². The molecule has 0 bridgehead atoms. The van der Waals surface area contributed by atoms with Crippen LogP contribution in [0.2, 0.25) is 0 Å². The Balaban J connectivity index is 2.32. The van der Waals surface area contributed by atoms with E-state index in [0.29, 0.717) is 18.5 Å². The van der Waals surface area contributed by atoms with Crippen LogP contribution in [0, 0.1) is 17.0 Å². The first-order chi connectivity index (χ1) is 7.60. The fourth-order valence-electron chi connectivity index (χ4n) is 1.94. The van der Waals surface area contributed by atoms with Crippen molar-refractivity contribution in [2.45, 2.75) is 19.3 Å². The van der Waals surface area contributed by atoms with Gasteiger partial charge in [0.1, 0.15) is 17.4 Å². The molecule has 1 saturated carbocycles. The standard InChI is InChI=1S/C12H15F2NO/c1-16-11-5-8(13)4-10(14)9(11)6-12(7-15)2-3-12/h4-5H,2-3,6-7,15H2,1H3. The molecule has 1 aromatic carbocycles. The maximum atomic E-state index is 13.6. The van der Waals surface area contributed by atoms with Crippen LogP contribution >= 0.6 is 0 Å². The van der Waals surface area contributed by atoms with E-state index in [4.69, 9.17) is 10.5 Å². The van der Waals surface area contributed by atoms with E-state index < -0.39 is 11.6 Å². The number of halogens is 2. The van der Waals surface area contributed by atoms with Gasteiger partial charge >= 0.3 is 0 Å². The highest BCUT2D eigenvalue weighted by Gasteiger charge is 2.42. The molecule has 0 spiro atoms. The molecule has 1 aromatic rings. The minimum Gasteiger partial charge on any atom is -0.496 e. The van der Waals surface area contributed by atoms with Crippen molar-refractivity contribution < 1.29 is 13.5 Å². The lowest BCUT2D eigenvalue weighted by Crippen LogP contribution is -2.19. The minimum absolute atomic E-state index is 0.00590. The van der Waals surface area contributed by atoms with Gasteiger partial charge in [0.05, 0.1) is 7.11 Å². The van der Waals surface area contributed by atoms with Gasteiger partial charge in [-0.2, -0.15) is 0 Å². The SMILES string of the molecule is COc1cc(F)cc(F)c1CC1(CN)CC1. The van der Waals surface area contributed by atoms with Crippen LogP contribution in [0.4, 0.5) is 8.78 Å². The maximum Gasteiger partial charge on any atom is 0.133 e. The highest BCUT2D eigenvalue weighted by Crippen LogP contribution is 2.48. The third-order valence-corrected chi connectivity index (χ3v) is 3.28. The quantitative estimate of drug-likeness (QED) is 0.856. The molecule has 0 aromatic heterocycles. The highest BCUT2D eigenvalue weighted by molar-refractivity contribution is 5.37. The number of methoxy groups -OCH3 is 1. The summed E-state index contributed by atoms with van der Waals surface area (Å²) in [6.07, 6.45) is 2.53. The summed E-state index contributed by atoms with van der Waals surface area (Å²) in [7, 11) is 1.42. The molecular weight excluding hydrogens is 212 g/mol. The number of benzene rings is 1. The fourth-order valence-corrected chi connectivity index (χ4v) is 1.94. The predicted octanol–water partition coefficient (Wildman–Crippen LogP) is 2.25. The van der Waals surface area contributed by atoms with Crippen molar-refractivity contribution >= 4 is 0 Å². The second kappa shape index (κ2) is 4.01.